The molecule has 0 spiro atoms. The van der Waals surface area contributed by atoms with Crippen molar-refractivity contribution in [2.75, 3.05) is 14.2 Å². The molecule has 0 aliphatic carbocycles. The van der Waals surface area contributed by atoms with Gasteiger partial charge in [-0.1, -0.05) is 20.8 Å². The quantitative estimate of drug-likeness (QED) is 0.761. The lowest BCUT2D eigenvalue weighted by molar-refractivity contribution is -0.241. The van der Waals surface area contributed by atoms with Crippen molar-refractivity contribution in [1.82, 2.24) is 0 Å². The summed E-state index contributed by atoms with van der Waals surface area (Å²) < 4.78 is 17.4. The Morgan fingerprint density at radius 3 is 2.35 bits per heavy atom. The fourth-order valence-corrected chi connectivity index (χ4v) is 2.69. The predicted octanol–water partition coefficient (Wildman–Crippen LogP) is 3.02. The lowest BCUT2D eigenvalue weighted by atomic mass is 9.74. The molecule has 1 aliphatic rings. The molecule has 1 aliphatic heterocycles. The Kier molecular flexibility index (Phi) is 4.61. The van der Waals surface area contributed by atoms with Crippen molar-refractivity contribution in [2.24, 2.45) is 5.41 Å². The topological polar surface area (TPSA) is 27.7 Å². The maximum Gasteiger partial charge on any atom is 0.112 e. The zero-order chi connectivity index (χ0) is 13.3. The van der Waals surface area contributed by atoms with Gasteiger partial charge in [-0.25, -0.2) is 0 Å². The van der Waals surface area contributed by atoms with Gasteiger partial charge in [0.25, 0.3) is 0 Å². The predicted molar refractivity (Wildman–Crippen MR) is 69.2 cm³/mol. The second-order valence-electron chi connectivity index (χ2n) is 6.05. The first-order valence-electron chi connectivity index (χ1n) is 6.54. The zero-order valence-corrected chi connectivity index (χ0v) is 12.4. The summed E-state index contributed by atoms with van der Waals surface area (Å²) in [6.45, 7) is 10.9. The summed E-state index contributed by atoms with van der Waals surface area (Å²) >= 11 is 0. The van der Waals surface area contributed by atoms with Crippen molar-refractivity contribution in [3.63, 3.8) is 0 Å². The third-order valence-electron chi connectivity index (χ3n) is 4.50. The average molecular weight is 244 g/mol. The molecule has 0 aromatic heterocycles. The maximum atomic E-state index is 6.14. The first-order valence-corrected chi connectivity index (χ1v) is 6.54. The van der Waals surface area contributed by atoms with Crippen molar-refractivity contribution >= 4 is 0 Å². The van der Waals surface area contributed by atoms with E-state index in [1.165, 1.54) is 0 Å². The molecule has 0 N–H and O–H groups in total. The molecule has 1 saturated heterocycles. The Hall–Kier alpha value is -0.120. The first-order chi connectivity index (χ1) is 7.80. The highest BCUT2D eigenvalue weighted by Crippen LogP contribution is 2.41. The molecule has 4 atom stereocenters. The highest BCUT2D eigenvalue weighted by atomic mass is 16.6. The number of rotatable bonds is 4. The van der Waals surface area contributed by atoms with E-state index in [1.807, 2.05) is 0 Å². The van der Waals surface area contributed by atoms with Crippen molar-refractivity contribution in [3.8, 4) is 0 Å². The molecule has 1 unspecified atom stereocenters. The number of hydrogen-bond acceptors (Lipinski definition) is 3. The average Bonchev–Trinajstić information content (AvgIpc) is 2.28. The minimum absolute atomic E-state index is 0.00333. The van der Waals surface area contributed by atoms with E-state index in [1.54, 1.807) is 14.2 Å². The summed E-state index contributed by atoms with van der Waals surface area (Å²) in [4.78, 5) is 0. The number of hydrogen-bond donors (Lipinski definition) is 0. The van der Waals surface area contributed by atoms with E-state index < -0.39 is 0 Å². The molecule has 0 radical (unpaired) electrons. The number of ether oxygens (including phenoxy) is 3. The van der Waals surface area contributed by atoms with Crippen molar-refractivity contribution < 1.29 is 14.2 Å². The Labute approximate surface area is 106 Å². The molecule has 0 saturated carbocycles. The minimum atomic E-state index is -0.260. The van der Waals surface area contributed by atoms with Gasteiger partial charge in [0.2, 0.25) is 0 Å². The van der Waals surface area contributed by atoms with Gasteiger partial charge < -0.3 is 14.2 Å². The molecule has 1 rings (SSSR count). The van der Waals surface area contributed by atoms with Crippen LogP contribution in [0.3, 0.4) is 0 Å². The van der Waals surface area contributed by atoms with Crippen LogP contribution in [0.2, 0.25) is 0 Å². The van der Waals surface area contributed by atoms with Gasteiger partial charge in [0.1, 0.15) is 6.10 Å². The SMILES string of the molecule is CCC(C)(C)C1C[C@@](C)(OC)[C@@H](OC)[C@H](C)O1. The van der Waals surface area contributed by atoms with Gasteiger partial charge in [0.05, 0.1) is 17.8 Å². The van der Waals surface area contributed by atoms with Crippen LogP contribution < -0.4 is 0 Å². The summed E-state index contributed by atoms with van der Waals surface area (Å²) in [5.74, 6) is 0. The Balaban J connectivity index is 2.91. The van der Waals surface area contributed by atoms with Crippen LogP contribution >= 0.6 is 0 Å². The molecule has 3 heteroatoms. The zero-order valence-electron chi connectivity index (χ0n) is 12.4. The molecule has 0 bridgehead atoms. The van der Waals surface area contributed by atoms with Crippen LogP contribution in [0, 0.1) is 5.41 Å². The van der Waals surface area contributed by atoms with Gasteiger partial charge >= 0.3 is 0 Å². The summed E-state index contributed by atoms with van der Waals surface area (Å²) in [7, 11) is 3.49. The molecule has 1 fully saturated rings. The molecule has 102 valence electrons. The molecular weight excluding hydrogens is 216 g/mol. The van der Waals surface area contributed by atoms with Crippen molar-refractivity contribution in [1.29, 1.82) is 0 Å². The first kappa shape index (κ1) is 14.9. The van der Waals surface area contributed by atoms with E-state index in [9.17, 15) is 0 Å². The Morgan fingerprint density at radius 1 is 1.35 bits per heavy atom. The molecule has 1 heterocycles. The van der Waals surface area contributed by atoms with Crippen LogP contribution in [0.1, 0.15) is 47.5 Å². The van der Waals surface area contributed by atoms with E-state index in [-0.39, 0.29) is 29.3 Å². The lowest BCUT2D eigenvalue weighted by Gasteiger charge is -2.50. The second-order valence-corrected chi connectivity index (χ2v) is 6.05. The van der Waals surface area contributed by atoms with Crippen LogP contribution in [0.4, 0.5) is 0 Å². The fraction of sp³-hybridized carbons (Fsp3) is 1.00. The van der Waals surface area contributed by atoms with Crippen molar-refractivity contribution in [3.05, 3.63) is 0 Å². The van der Waals surface area contributed by atoms with Gasteiger partial charge in [-0.3, -0.25) is 0 Å². The van der Waals surface area contributed by atoms with Crippen LogP contribution in [0.5, 0.6) is 0 Å². The Morgan fingerprint density at radius 2 is 1.94 bits per heavy atom. The summed E-state index contributed by atoms with van der Waals surface area (Å²) in [6.07, 6.45) is 2.26. The highest BCUT2D eigenvalue weighted by Gasteiger charge is 2.49. The normalized spacial score (nSPS) is 39.4. The lowest BCUT2D eigenvalue weighted by Crippen LogP contribution is -2.59. The standard InChI is InChI=1S/C14H28O3/c1-8-13(3,4)11-9-14(5,16-7)12(15-6)10(2)17-11/h10-12H,8-9H2,1-7H3/t10-,11?,12-,14+/m0/s1. The van der Waals surface area contributed by atoms with Crippen LogP contribution in [0.15, 0.2) is 0 Å². The summed E-state index contributed by atoms with van der Waals surface area (Å²) in [5, 5.41) is 0. The molecule has 0 aromatic rings. The fourth-order valence-electron chi connectivity index (χ4n) is 2.69. The smallest absolute Gasteiger partial charge is 0.112 e. The molecule has 0 amide bonds. The van der Waals surface area contributed by atoms with Crippen LogP contribution in [0.25, 0.3) is 0 Å². The summed E-state index contributed by atoms with van der Waals surface area (Å²) in [5.41, 5.74) is -0.0870. The van der Waals surface area contributed by atoms with Crippen molar-refractivity contribution in [2.45, 2.75) is 71.4 Å². The number of methoxy groups -OCH3 is 2. The maximum absolute atomic E-state index is 6.14. The molecule has 0 aromatic carbocycles. The largest absolute Gasteiger partial charge is 0.376 e. The Bertz CT molecular complexity index is 252. The third-order valence-corrected chi connectivity index (χ3v) is 4.50. The van der Waals surface area contributed by atoms with Crippen LogP contribution in [-0.4, -0.2) is 38.1 Å². The van der Waals surface area contributed by atoms with Gasteiger partial charge in [0.15, 0.2) is 0 Å². The second kappa shape index (κ2) is 5.25. The van der Waals surface area contributed by atoms with Gasteiger partial charge in [-0.2, -0.15) is 0 Å². The van der Waals surface area contributed by atoms with Gasteiger partial charge in [-0.05, 0) is 25.7 Å². The molecule has 17 heavy (non-hydrogen) atoms. The van der Waals surface area contributed by atoms with E-state index in [2.05, 4.69) is 34.6 Å². The van der Waals surface area contributed by atoms with E-state index in [4.69, 9.17) is 14.2 Å². The van der Waals surface area contributed by atoms with E-state index in [0.717, 1.165) is 12.8 Å². The van der Waals surface area contributed by atoms with E-state index >= 15 is 0 Å². The highest BCUT2D eigenvalue weighted by molar-refractivity contribution is 4.98. The van der Waals surface area contributed by atoms with Gasteiger partial charge in [-0.15, -0.1) is 0 Å². The van der Waals surface area contributed by atoms with Gasteiger partial charge in [0, 0.05) is 20.6 Å². The third kappa shape index (κ3) is 2.83. The monoisotopic (exact) mass is 244 g/mol. The van der Waals surface area contributed by atoms with Crippen LogP contribution in [-0.2, 0) is 14.2 Å². The van der Waals surface area contributed by atoms with E-state index in [0.29, 0.717) is 0 Å². The minimum Gasteiger partial charge on any atom is -0.376 e. The molecule has 3 nitrogen and oxygen atoms in total. The summed E-state index contributed by atoms with van der Waals surface area (Å²) in [6, 6.07) is 0. The molecular formula is C14H28O3.